The van der Waals surface area contributed by atoms with Gasteiger partial charge in [0.1, 0.15) is 47.5 Å². The predicted molar refractivity (Wildman–Crippen MR) is 172 cm³/mol. The highest BCUT2D eigenvalue weighted by molar-refractivity contribution is 8.14. The van der Waals surface area contributed by atoms with Gasteiger partial charge in [0.05, 0.1) is 17.8 Å². The average molecular weight is 671 g/mol. The van der Waals surface area contributed by atoms with Gasteiger partial charge in [0, 0.05) is 19.1 Å². The van der Waals surface area contributed by atoms with E-state index in [-0.39, 0.29) is 16.8 Å². The molecule has 6 rings (SSSR count). The highest BCUT2D eigenvalue weighted by atomic mass is 32.2. The third kappa shape index (κ3) is 6.82. The molecule has 3 saturated heterocycles. The van der Waals surface area contributed by atoms with E-state index in [9.17, 15) is 19.5 Å². The van der Waals surface area contributed by atoms with Crippen molar-refractivity contribution in [3.05, 3.63) is 47.9 Å². The monoisotopic (exact) mass is 670 g/mol. The van der Waals surface area contributed by atoms with Crippen molar-refractivity contribution in [1.29, 1.82) is 0 Å². The van der Waals surface area contributed by atoms with Crippen LogP contribution in [0.5, 0.6) is 0 Å². The van der Waals surface area contributed by atoms with Crippen molar-refractivity contribution >= 4 is 40.4 Å². The Bertz CT molecular complexity index is 1500. The number of fused-ring (bicyclic) bond motifs is 2. The molecule has 3 unspecified atom stereocenters. The van der Waals surface area contributed by atoms with Gasteiger partial charge in [-0.25, -0.2) is 14.8 Å². The maximum atomic E-state index is 14.2. The number of carbonyl (C=O) groups is 3. The quantitative estimate of drug-likeness (QED) is 0.378. The van der Waals surface area contributed by atoms with Gasteiger partial charge < -0.3 is 34.8 Å². The summed E-state index contributed by atoms with van der Waals surface area (Å²) in [5.41, 5.74) is 2.56. The SMILES string of the molecule is CC(=O)SC(O)[C@@H]1[C@H]2OC(C)(C)O[C@H]2[C@H](C2c3ncnc(NC(=O)c4ccccc4)c3NN2C2CCCCO2)N1C(=O)OC(C)(C)C. The number of aliphatic hydroxyl groups excluding tert-OH is 1. The highest BCUT2D eigenvalue weighted by Crippen LogP contribution is 2.52. The smallest absolute Gasteiger partial charge is 0.411 e. The standard InChI is InChI=1S/C32H42N6O8S/c1-17(39)47-29(41)24-26-25(44-32(5,6)45-26)23(37(24)30(42)46-31(2,3)4)22-20-21(36-38(22)19-14-10-11-15-43-19)27(34-16-33-20)35-28(40)18-12-8-7-9-13-18/h7-9,12-13,16,19,22-26,29,36,41H,10-11,14-15H2,1-6H3,(H,33,34,35,40)/t19?,22?,23-,24-,25-,26+,29?/m0/s1. The molecule has 2 aromatic rings. The van der Waals surface area contributed by atoms with Gasteiger partial charge in [-0.3, -0.25) is 14.5 Å². The molecule has 3 N–H and O–H groups in total. The molecule has 14 nitrogen and oxygen atoms in total. The van der Waals surface area contributed by atoms with Gasteiger partial charge in [-0.1, -0.05) is 30.0 Å². The van der Waals surface area contributed by atoms with Crippen LogP contribution in [0.15, 0.2) is 36.7 Å². The Morgan fingerprint density at radius 1 is 1.13 bits per heavy atom. The van der Waals surface area contributed by atoms with E-state index in [2.05, 4.69) is 20.7 Å². The molecule has 0 aliphatic carbocycles. The number of anilines is 2. The van der Waals surface area contributed by atoms with E-state index < -0.39 is 59.5 Å². The Morgan fingerprint density at radius 2 is 1.85 bits per heavy atom. The molecule has 3 fully saturated rings. The van der Waals surface area contributed by atoms with Crippen molar-refractivity contribution in [3.63, 3.8) is 0 Å². The molecule has 5 heterocycles. The summed E-state index contributed by atoms with van der Waals surface area (Å²) >= 11 is 0.711. The first-order chi connectivity index (χ1) is 22.2. The summed E-state index contributed by atoms with van der Waals surface area (Å²) in [5.74, 6) is -1.17. The van der Waals surface area contributed by atoms with E-state index in [0.717, 1.165) is 12.8 Å². The largest absolute Gasteiger partial charge is 0.444 e. The topological polar surface area (TPSA) is 165 Å². The molecule has 0 bridgehead atoms. The molecule has 7 atom stereocenters. The first-order valence-corrected chi connectivity index (χ1v) is 16.7. The number of aliphatic hydroxyl groups is 1. The van der Waals surface area contributed by atoms with Crippen molar-refractivity contribution in [2.75, 3.05) is 17.3 Å². The van der Waals surface area contributed by atoms with E-state index in [1.54, 1.807) is 58.9 Å². The molecule has 0 spiro atoms. The predicted octanol–water partition coefficient (Wildman–Crippen LogP) is 4.05. The van der Waals surface area contributed by atoms with Crippen molar-refractivity contribution in [3.8, 4) is 0 Å². The molecular formula is C32H42N6O8S. The Labute approximate surface area is 277 Å². The third-order valence-electron chi connectivity index (χ3n) is 8.42. The van der Waals surface area contributed by atoms with Crippen LogP contribution >= 0.6 is 11.8 Å². The Morgan fingerprint density at radius 3 is 2.51 bits per heavy atom. The van der Waals surface area contributed by atoms with Crippen LogP contribution in [-0.2, 0) is 23.7 Å². The fraction of sp³-hybridized carbons (Fsp3) is 0.594. The van der Waals surface area contributed by atoms with Crippen LogP contribution in [0.25, 0.3) is 0 Å². The van der Waals surface area contributed by atoms with Gasteiger partial charge in [0.2, 0.25) is 0 Å². The number of likely N-dealkylation sites (tertiary alicyclic amines) is 1. The Hall–Kier alpha value is -3.34. The lowest BCUT2D eigenvalue weighted by molar-refractivity contribution is -0.177. The van der Waals surface area contributed by atoms with Crippen LogP contribution in [0, 0.1) is 0 Å². The van der Waals surface area contributed by atoms with Crippen LogP contribution in [0.3, 0.4) is 0 Å². The lowest BCUT2D eigenvalue weighted by atomic mass is 9.97. The maximum Gasteiger partial charge on any atom is 0.411 e. The van der Waals surface area contributed by atoms with Gasteiger partial charge in [0.15, 0.2) is 16.7 Å². The lowest BCUT2D eigenvalue weighted by Gasteiger charge is -2.42. The number of benzene rings is 1. The number of ether oxygens (including phenoxy) is 4. The van der Waals surface area contributed by atoms with E-state index in [0.29, 0.717) is 41.7 Å². The summed E-state index contributed by atoms with van der Waals surface area (Å²) < 4.78 is 25.0. The third-order valence-corrected chi connectivity index (χ3v) is 9.27. The van der Waals surface area contributed by atoms with Crippen LogP contribution in [-0.4, -0.2) is 96.0 Å². The zero-order chi connectivity index (χ0) is 33.7. The highest BCUT2D eigenvalue weighted by Gasteiger charge is 2.66. The molecule has 47 heavy (non-hydrogen) atoms. The Balaban J connectivity index is 1.47. The van der Waals surface area contributed by atoms with Crippen molar-refractivity contribution in [2.45, 2.75) is 114 Å². The van der Waals surface area contributed by atoms with Gasteiger partial charge in [-0.2, -0.15) is 5.01 Å². The fourth-order valence-electron chi connectivity index (χ4n) is 6.74. The average Bonchev–Trinajstić information content (AvgIpc) is 3.63. The first-order valence-electron chi connectivity index (χ1n) is 15.8. The number of rotatable bonds is 6. The van der Waals surface area contributed by atoms with Gasteiger partial charge in [-0.15, -0.1) is 0 Å². The fourth-order valence-corrected chi connectivity index (χ4v) is 7.50. The summed E-state index contributed by atoms with van der Waals surface area (Å²) in [4.78, 5) is 50.2. The molecule has 1 aromatic carbocycles. The summed E-state index contributed by atoms with van der Waals surface area (Å²) in [7, 11) is 0. The van der Waals surface area contributed by atoms with Crippen LogP contribution < -0.4 is 10.7 Å². The molecule has 0 radical (unpaired) electrons. The second-order valence-corrected chi connectivity index (χ2v) is 14.8. The molecule has 1 aromatic heterocycles. The van der Waals surface area contributed by atoms with Crippen LogP contribution in [0.4, 0.5) is 16.3 Å². The van der Waals surface area contributed by atoms with Crippen LogP contribution in [0.1, 0.15) is 82.9 Å². The summed E-state index contributed by atoms with van der Waals surface area (Å²) in [5, 5.41) is 16.0. The number of hydrogen-bond donors (Lipinski definition) is 3. The second kappa shape index (κ2) is 12.9. The summed E-state index contributed by atoms with van der Waals surface area (Å²) in [6.45, 7) is 10.7. The van der Waals surface area contributed by atoms with E-state index >= 15 is 0 Å². The molecular weight excluding hydrogens is 628 g/mol. The molecule has 254 valence electrons. The minimum absolute atomic E-state index is 0.248. The zero-order valence-corrected chi connectivity index (χ0v) is 28.2. The number of amides is 2. The van der Waals surface area contributed by atoms with E-state index in [4.69, 9.17) is 18.9 Å². The number of hydrogen-bond acceptors (Lipinski definition) is 13. The van der Waals surface area contributed by atoms with Gasteiger partial charge in [0.25, 0.3) is 5.91 Å². The van der Waals surface area contributed by atoms with E-state index in [1.807, 2.05) is 11.1 Å². The number of nitrogens with one attached hydrogen (secondary N) is 2. The number of thioether (sulfide) groups is 1. The van der Waals surface area contributed by atoms with Gasteiger partial charge in [-0.05, 0) is 66.0 Å². The molecule has 4 aliphatic heterocycles. The molecule has 4 aliphatic rings. The molecule has 2 amide bonds. The number of aromatic nitrogens is 2. The normalized spacial score (nSPS) is 29.0. The number of carbonyl (C=O) groups excluding carboxylic acids is 3. The van der Waals surface area contributed by atoms with Crippen molar-refractivity contribution < 1.29 is 38.4 Å². The molecule has 15 heteroatoms. The summed E-state index contributed by atoms with van der Waals surface area (Å²) in [6.07, 6.45) is 1.11. The second-order valence-electron chi connectivity index (χ2n) is 13.5. The number of nitrogens with zero attached hydrogens (tertiary/aromatic N) is 4. The zero-order valence-electron chi connectivity index (χ0n) is 27.3. The minimum atomic E-state index is -1.35. The van der Waals surface area contributed by atoms with Crippen molar-refractivity contribution in [1.82, 2.24) is 19.9 Å². The van der Waals surface area contributed by atoms with Crippen molar-refractivity contribution in [2.24, 2.45) is 0 Å². The minimum Gasteiger partial charge on any atom is -0.444 e. The number of hydrazine groups is 1. The Kier molecular flexibility index (Phi) is 9.23. The maximum absolute atomic E-state index is 14.2. The van der Waals surface area contributed by atoms with Gasteiger partial charge >= 0.3 is 6.09 Å². The lowest BCUT2D eigenvalue weighted by Crippen LogP contribution is -2.56. The summed E-state index contributed by atoms with van der Waals surface area (Å²) in [6, 6.07) is 6.18. The van der Waals surface area contributed by atoms with E-state index in [1.165, 1.54) is 18.2 Å². The van der Waals surface area contributed by atoms with Crippen LogP contribution in [0.2, 0.25) is 0 Å². The first kappa shape index (κ1) is 33.6. The molecule has 0 saturated carbocycles.